The van der Waals surface area contributed by atoms with Gasteiger partial charge in [-0.2, -0.15) is 0 Å². The minimum absolute atomic E-state index is 0.0819. The van der Waals surface area contributed by atoms with E-state index in [1.54, 1.807) is 0 Å². The molecule has 4 aliphatic carbocycles. The van der Waals surface area contributed by atoms with Crippen LogP contribution in [0.15, 0.2) is 229 Å². The van der Waals surface area contributed by atoms with Gasteiger partial charge >= 0.3 is 0 Å². The van der Waals surface area contributed by atoms with E-state index < -0.39 is 0 Å². The van der Waals surface area contributed by atoms with E-state index in [2.05, 4.69) is 266 Å². The monoisotopic (exact) mass is 1030 g/mol. The highest BCUT2D eigenvalue weighted by Gasteiger charge is 2.49. The molecule has 384 valence electrons. The van der Waals surface area contributed by atoms with E-state index in [4.69, 9.17) is 4.42 Å². The van der Waals surface area contributed by atoms with Crippen LogP contribution in [0.3, 0.4) is 0 Å². The molecule has 0 saturated carbocycles. The molecule has 0 amide bonds. The van der Waals surface area contributed by atoms with Crippen molar-refractivity contribution in [3.05, 3.63) is 286 Å². The Morgan fingerprint density at radius 2 is 0.975 bits per heavy atom. The fourth-order valence-electron chi connectivity index (χ4n) is 15.7. The summed E-state index contributed by atoms with van der Waals surface area (Å²) < 4.78 is 7.03. The summed E-state index contributed by atoms with van der Waals surface area (Å²) in [5.41, 5.74) is 35.4. The molecule has 1 aromatic heterocycles. The van der Waals surface area contributed by atoms with Crippen LogP contribution in [0.5, 0.6) is 0 Å². The van der Waals surface area contributed by atoms with Gasteiger partial charge in [-0.25, -0.2) is 0 Å². The molecule has 0 bridgehead atoms. The van der Waals surface area contributed by atoms with Crippen LogP contribution >= 0.6 is 0 Å². The molecule has 1 nitrogen and oxygen atoms in total. The lowest BCUT2D eigenvalue weighted by molar-refractivity contribution is 0.600. The Bertz CT molecular complexity index is 4580. The minimum Gasteiger partial charge on any atom is -0.455 e. The van der Waals surface area contributed by atoms with Gasteiger partial charge in [0.05, 0.1) is 0 Å². The predicted octanol–water partition coefficient (Wildman–Crippen LogP) is 20.6. The van der Waals surface area contributed by atoms with E-state index in [0.29, 0.717) is 0 Å². The number of hydrogen-bond acceptors (Lipinski definition) is 1. The van der Waals surface area contributed by atoms with Crippen molar-refractivity contribution >= 4 is 21.9 Å². The molecule has 80 heavy (non-hydrogen) atoms. The number of fused-ring (bicyclic) bond motifs is 19. The molecule has 1 atom stereocenters. The lowest BCUT2D eigenvalue weighted by Gasteiger charge is -2.34. The standard InChI is InChI=1S/C79H62O/c1-77(2)66-45-53(38-40-59(66)71-67(77)46-63(76-73(71)60-33-18-20-35-68(60)80-76)56-31-16-15-29-54(56)49-24-11-8-12-25-49)62(52-28-21-27-51(44-52)48-22-9-7-10-23-48)42-47-36-39-58-65(43-47)79(5,6)74-70(58)61-41-37-50-26-13-14-30-55(50)69(61)72-57-32-17-19-34-64(57)78(3,4)75(72)74/h7-36,38-40,43-46,62H,37,41-42H2,1-6H3. The average Bonchev–Trinajstić information content (AvgIpc) is 4.35. The maximum Gasteiger partial charge on any atom is 0.143 e. The number of benzene rings is 11. The van der Waals surface area contributed by atoms with E-state index in [0.717, 1.165) is 41.4 Å². The second kappa shape index (κ2) is 17.1. The molecule has 0 fully saturated rings. The van der Waals surface area contributed by atoms with Crippen LogP contribution in [0, 0.1) is 0 Å². The predicted molar refractivity (Wildman–Crippen MR) is 334 cm³/mol. The molecule has 16 rings (SSSR count). The van der Waals surface area contributed by atoms with E-state index >= 15 is 0 Å². The zero-order valence-electron chi connectivity index (χ0n) is 46.5. The second-order valence-corrected chi connectivity index (χ2v) is 24.9. The first-order valence-electron chi connectivity index (χ1n) is 29.0. The first-order chi connectivity index (χ1) is 39.0. The van der Waals surface area contributed by atoms with Gasteiger partial charge < -0.3 is 4.42 Å². The van der Waals surface area contributed by atoms with Crippen molar-refractivity contribution in [2.45, 2.75) is 83.0 Å². The van der Waals surface area contributed by atoms with Crippen molar-refractivity contribution in [3.63, 3.8) is 0 Å². The molecule has 1 heteroatoms. The SMILES string of the molecule is CC1(C)c2cc(C(Cc3ccc4c(c3)C(C)(C)c3c-4c4c(c5c3C(C)(C)c3ccccc3-5)-c3ccccc3CC4)c3cccc(-c4ccccc4)c3)ccc2-c2c1cc(-c1ccccc1-c1ccccc1)c1oc3ccccc3c21. The summed E-state index contributed by atoms with van der Waals surface area (Å²) in [4.78, 5) is 0. The third-order valence-corrected chi connectivity index (χ3v) is 19.5. The molecule has 0 aliphatic heterocycles. The van der Waals surface area contributed by atoms with Gasteiger partial charge in [0, 0.05) is 38.5 Å². The number of furan rings is 1. The Morgan fingerprint density at radius 3 is 1.79 bits per heavy atom. The van der Waals surface area contributed by atoms with Crippen molar-refractivity contribution in [2.75, 3.05) is 0 Å². The molecule has 0 radical (unpaired) electrons. The van der Waals surface area contributed by atoms with Gasteiger partial charge in [0.25, 0.3) is 0 Å². The van der Waals surface area contributed by atoms with Gasteiger partial charge in [0.1, 0.15) is 11.2 Å². The average molecular weight is 1030 g/mol. The number of para-hydroxylation sites is 1. The lowest BCUT2D eigenvalue weighted by atomic mass is 9.69. The molecular weight excluding hydrogens is 965 g/mol. The van der Waals surface area contributed by atoms with Crippen LogP contribution in [0.25, 0.3) is 99.8 Å². The first-order valence-corrected chi connectivity index (χ1v) is 29.0. The number of hydrogen-bond donors (Lipinski definition) is 0. The third kappa shape index (κ3) is 6.64. The molecule has 11 aromatic carbocycles. The van der Waals surface area contributed by atoms with E-state index in [1.165, 1.54) is 139 Å². The highest BCUT2D eigenvalue weighted by molar-refractivity contribution is 6.19. The third-order valence-electron chi connectivity index (χ3n) is 19.5. The maximum atomic E-state index is 7.03. The number of aryl methyl sites for hydroxylation is 1. The maximum absolute atomic E-state index is 7.03. The van der Waals surface area contributed by atoms with E-state index in [9.17, 15) is 0 Å². The normalized spacial score (nSPS) is 15.6. The summed E-state index contributed by atoms with van der Waals surface area (Å²) in [5, 5.41) is 2.36. The Hall–Kier alpha value is -8.78. The zero-order valence-corrected chi connectivity index (χ0v) is 46.5. The van der Waals surface area contributed by atoms with Gasteiger partial charge in [-0.1, -0.05) is 254 Å². The van der Waals surface area contributed by atoms with Gasteiger partial charge in [-0.05, 0) is 165 Å². The number of rotatable bonds is 7. The van der Waals surface area contributed by atoms with Crippen LogP contribution in [0.1, 0.15) is 109 Å². The largest absolute Gasteiger partial charge is 0.455 e. The zero-order chi connectivity index (χ0) is 53.8. The van der Waals surface area contributed by atoms with Gasteiger partial charge in [-0.3, -0.25) is 0 Å². The topological polar surface area (TPSA) is 13.1 Å². The Balaban J connectivity index is 0.865. The molecule has 0 N–H and O–H groups in total. The smallest absolute Gasteiger partial charge is 0.143 e. The Kier molecular flexibility index (Phi) is 10.1. The van der Waals surface area contributed by atoms with Gasteiger partial charge in [-0.15, -0.1) is 0 Å². The fourth-order valence-corrected chi connectivity index (χ4v) is 15.7. The molecule has 1 heterocycles. The molecule has 0 spiro atoms. The first kappa shape index (κ1) is 47.2. The summed E-state index contributed by atoms with van der Waals surface area (Å²) in [6.07, 6.45) is 2.97. The minimum atomic E-state index is -0.309. The summed E-state index contributed by atoms with van der Waals surface area (Å²) in [7, 11) is 0. The second-order valence-electron chi connectivity index (χ2n) is 24.9. The molecule has 1 unspecified atom stereocenters. The van der Waals surface area contributed by atoms with Crippen molar-refractivity contribution < 1.29 is 4.42 Å². The van der Waals surface area contributed by atoms with E-state index in [-0.39, 0.29) is 22.2 Å². The lowest BCUT2D eigenvalue weighted by Crippen LogP contribution is -2.25. The van der Waals surface area contributed by atoms with Crippen LogP contribution in [-0.2, 0) is 35.5 Å². The fraction of sp³-hybridized carbons (Fsp3) is 0.165. The van der Waals surface area contributed by atoms with Crippen molar-refractivity contribution in [2.24, 2.45) is 0 Å². The van der Waals surface area contributed by atoms with Gasteiger partial charge in [0.15, 0.2) is 0 Å². The van der Waals surface area contributed by atoms with Crippen molar-refractivity contribution in [3.8, 4) is 77.9 Å². The van der Waals surface area contributed by atoms with Crippen molar-refractivity contribution in [1.82, 2.24) is 0 Å². The molecule has 12 aromatic rings. The summed E-state index contributed by atoms with van der Waals surface area (Å²) in [6, 6.07) is 84.7. The van der Waals surface area contributed by atoms with Crippen molar-refractivity contribution in [1.29, 1.82) is 0 Å². The van der Waals surface area contributed by atoms with Crippen LogP contribution in [0.4, 0.5) is 0 Å². The highest BCUT2D eigenvalue weighted by atomic mass is 16.3. The summed E-state index contributed by atoms with van der Waals surface area (Å²) in [5.74, 6) is 0.0819. The molecular formula is C79H62O. The molecule has 4 aliphatic rings. The van der Waals surface area contributed by atoms with Crippen LogP contribution in [0.2, 0.25) is 0 Å². The highest BCUT2D eigenvalue weighted by Crippen LogP contribution is 2.64. The Labute approximate surface area is 470 Å². The van der Waals surface area contributed by atoms with E-state index in [1.807, 2.05) is 0 Å². The van der Waals surface area contributed by atoms with Gasteiger partial charge in [0.2, 0.25) is 0 Å². The quantitative estimate of drug-likeness (QED) is 0.155. The molecule has 0 saturated heterocycles. The van der Waals surface area contributed by atoms with Crippen LogP contribution in [-0.4, -0.2) is 0 Å². The van der Waals surface area contributed by atoms with Crippen LogP contribution < -0.4 is 0 Å². The summed E-state index contributed by atoms with van der Waals surface area (Å²) >= 11 is 0. The summed E-state index contributed by atoms with van der Waals surface area (Å²) in [6.45, 7) is 14.9. The Morgan fingerprint density at radius 1 is 0.375 bits per heavy atom.